The number of hydrogen-bond donors (Lipinski definition) is 1. The van der Waals surface area contributed by atoms with E-state index in [0.717, 1.165) is 6.42 Å². The second-order valence-electron chi connectivity index (χ2n) is 6.99. The van der Waals surface area contributed by atoms with E-state index < -0.39 is 0 Å². The van der Waals surface area contributed by atoms with Crippen molar-refractivity contribution >= 4 is 0 Å². The molecule has 0 atom stereocenters. The van der Waals surface area contributed by atoms with E-state index in [2.05, 4.69) is 37.3 Å². The van der Waals surface area contributed by atoms with E-state index >= 15 is 0 Å². The van der Waals surface area contributed by atoms with Gasteiger partial charge in [0.25, 0.3) is 0 Å². The fraction of sp³-hybridized carbons (Fsp3) is 0.583. The highest BCUT2D eigenvalue weighted by molar-refractivity contribution is 5.27. The van der Waals surface area contributed by atoms with Crippen LogP contribution < -0.4 is 0 Å². The molecule has 0 aromatic heterocycles. The molecule has 1 rings (SSSR count). The summed E-state index contributed by atoms with van der Waals surface area (Å²) in [6, 6.07) is 7.66. The molecule has 140 valence electrons. The molecule has 1 nitrogen and oxygen atoms in total. The Labute approximate surface area is 155 Å². The standard InChI is InChI=1S/C24H38O/c1-2-3-4-5-6-7-8-9-10-11-12-13-14-15-16-17-19-23-20-18-21-24(25)22-23/h5-6,9-10,18,20-22,25H,2-4,7-8,11-17,19H2,1H3/b6-5+,10-9+. The molecular weight excluding hydrogens is 304 g/mol. The fourth-order valence-corrected chi connectivity index (χ4v) is 3.00. The van der Waals surface area contributed by atoms with Crippen molar-refractivity contribution in [1.29, 1.82) is 0 Å². The van der Waals surface area contributed by atoms with Crippen LogP contribution in [0.5, 0.6) is 5.75 Å². The zero-order valence-corrected chi connectivity index (χ0v) is 16.3. The average Bonchev–Trinajstić information content (AvgIpc) is 2.61. The summed E-state index contributed by atoms with van der Waals surface area (Å²) in [4.78, 5) is 0. The predicted octanol–water partition coefficient (Wildman–Crippen LogP) is 7.75. The highest BCUT2D eigenvalue weighted by Crippen LogP contribution is 2.15. The summed E-state index contributed by atoms with van der Waals surface area (Å²) >= 11 is 0. The van der Waals surface area contributed by atoms with E-state index in [9.17, 15) is 5.11 Å². The van der Waals surface area contributed by atoms with Crippen LogP contribution >= 0.6 is 0 Å². The Morgan fingerprint density at radius 1 is 0.720 bits per heavy atom. The number of hydrogen-bond acceptors (Lipinski definition) is 1. The normalized spacial score (nSPS) is 11.7. The number of benzene rings is 1. The highest BCUT2D eigenvalue weighted by Gasteiger charge is 1.95. The molecule has 0 unspecified atom stereocenters. The SMILES string of the molecule is CCCC/C=C/CC/C=C/CCCCCCCCc1cccc(O)c1. The number of unbranched alkanes of at least 4 members (excludes halogenated alkanes) is 9. The number of aromatic hydroxyl groups is 1. The lowest BCUT2D eigenvalue weighted by molar-refractivity contribution is 0.474. The molecule has 0 radical (unpaired) electrons. The molecular formula is C24H38O. The van der Waals surface area contributed by atoms with Crippen LogP contribution in [0.1, 0.15) is 89.5 Å². The predicted molar refractivity (Wildman–Crippen MR) is 111 cm³/mol. The molecule has 1 aromatic rings. The summed E-state index contributed by atoms with van der Waals surface area (Å²) in [6.07, 6.45) is 25.9. The van der Waals surface area contributed by atoms with Crippen LogP contribution in [-0.4, -0.2) is 5.11 Å². The van der Waals surface area contributed by atoms with Gasteiger partial charge in [0, 0.05) is 0 Å². The zero-order chi connectivity index (χ0) is 18.0. The first kappa shape index (κ1) is 21.5. The molecule has 0 aliphatic heterocycles. The van der Waals surface area contributed by atoms with Gasteiger partial charge in [0.2, 0.25) is 0 Å². The largest absolute Gasteiger partial charge is 0.508 e. The molecule has 1 aromatic carbocycles. The summed E-state index contributed by atoms with van der Waals surface area (Å²) in [5.74, 6) is 0.387. The fourth-order valence-electron chi connectivity index (χ4n) is 3.00. The summed E-state index contributed by atoms with van der Waals surface area (Å²) in [5, 5.41) is 9.44. The number of aryl methyl sites for hydroxylation is 1. The van der Waals surface area contributed by atoms with Crippen molar-refractivity contribution in [3.05, 3.63) is 54.1 Å². The van der Waals surface area contributed by atoms with E-state index in [-0.39, 0.29) is 0 Å². The molecule has 0 heterocycles. The molecule has 0 fully saturated rings. The van der Waals surface area contributed by atoms with Crippen molar-refractivity contribution in [3.63, 3.8) is 0 Å². The lowest BCUT2D eigenvalue weighted by Crippen LogP contribution is -1.86. The van der Waals surface area contributed by atoms with Crippen molar-refractivity contribution in [2.45, 2.75) is 90.4 Å². The molecule has 0 spiro atoms. The van der Waals surface area contributed by atoms with E-state index in [1.807, 2.05) is 12.1 Å². The smallest absolute Gasteiger partial charge is 0.115 e. The third-order valence-electron chi connectivity index (χ3n) is 4.55. The second-order valence-corrected chi connectivity index (χ2v) is 6.99. The first-order chi connectivity index (χ1) is 12.3. The molecule has 0 aliphatic rings. The number of allylic oxidation sites excluding steroid dienone is 4. The number of rotatable bonds is 15. The molecule has 0 saturated carbocycles. The van der Waals surface area contributed by atoms with Crippen molar-refractivity contribution in [1.82, 2.24) is 0 Å². The van der Waals surface area contributed by atoms with Crippen LogP contribution in [-0.2, 0) is 6.42 Å². The third kappa shape index (κ3) is 13.5. The monoisotopic (exact) mass is 342 g/mol. The molecule has 1 heteroatoms. The Bertz CT molecular complexity index is 473. The van der Waals surface area contributed by atoms with Gasteiger partial charge in [-0.1, -0.05) is 81.9 Å². The molecule has 0 saturated heterocycles. The van der Waals surface area contributed by atoms with Crippen LogP contribution in [0.2, 0.25) is 0 Å². The van der Waals surface area contributed by atoms with Crippen molar-refractivity contribution < 1.29 is 5.11 Å². The van der Waals surface area contributed by atoms with Gasteiger partial charge in [0.05, 0.1) is 0 Å². The van der Waals surface area contributed by atoms with Crippen LogP contribution in [0.3, 0.4) is 0 Å². The molecule has 1 N–H and O–H groups in total. The van der Waals surface area contributed by atoms with Gasteiger partial charge in [-0.3, -0.25) is 0 Å². The van der Waals surface area contributed by atoms with Gasteiger partial charge >= 0.3 is 0 Å². The first-order valence-corrected chi connectivity index (χ1v) is 10.4. The summed E-state index contributed by atoms with van der Waals surface area (Å²) in [5.41, 5.74) is 1.25. The van der Waals surface area contributed by atoms with Gasteiger partial charge in [-0.2, -0.15) is 0 Å². The Hall–Kier alpha value is -1.50. The van der Waals surface area contributed by atoms with Crippen LogP contribution in [0, 0.1) is 0 Å². The maximum absolute atomic E-state index is 9.44. The van der Waals surface area contributed by atoms with Gasteiger partial charge in [-0.15, -0.1) is 0 Å². The maximum atomic E-state index is 9.44. The van der Waals surface area contributed by atoms with Crippen LogP contribution in [0.4, 0.5) is 0 Å². The van der Waals surface area contributed by atoms with Crippen molar-refractivity contribution in [3.8, 4) is 5.75 Å². The lowest BCUT2D eigenvalue weighted by atomic mass is 10.0. The Kier molecular flexibility index (Phi) is 13.8. The number of phenolic OH excluding ortho intramolecular Hbond substituents is 1. The maximum Gasteiger partial charge on any atom is 0.115 e. The second kappa shape index (κ2) is 16.0. The first-order valence-electron chi connectivity index (χ1n) is 10.4. The minimum atomic E-state index is 0.387. The van der Waals surface area contributed by atoms with Gasteiger partial charge in [-0.05, 0) is 62.6 Å². The van der Waals surface area contributed by atoms with Crippen molar-refractivity contribution in [2.75, 3.05) is 0 Å². The Balaban J connectivity index is 1.84. The van der Waals surface area contributed by atoms with Gasteiger partial charge in [0.1, 0.15) is 5.75 Å². The lowest BCUT2D eigenvalue weighted by Gasteiger charge is -2.03. The zero-order valence-electron chi connectivity index (χ0n) is 16.3. The summed E-state index contributed by atoms with van der Waals surface area (Å²) in [7, 11) is 0. The van der Waals surface area contributed by atoms with E-state index in [4.69, 9.17) is 0 Å². The van der Waals surface area contributed by atoms with Crippen LogP contribution in [0.15, 0.2) is 48.6 Å². The topological polar surface area (TPSA) is 20.2 Å². The van der Waals surface area contributed by atoms with E-state index in [1.54, 1.807) is 6.07 Å². The molecule has 0 aliphatic carbocycles. The summed E-state index contributed by atoms with van der Waals surface area (Å²) < 4.78 is 0. The quantitative estimate of drug-likeness (QED) is 0.255. The Morgan fingerprint density at radius 3 is 2.00 bits per heavy atom. The van der Waals surface area contributed by atoms with Gasteiger partial charge < -0.3 is 5.11 Å². The number of phenols is 1. The van der Waals surface area contributed by atoms with E-state index in [1.165, 1.54) is 82.6 Å². The van der Waals surface area contributed by atoms with Gasteiger partial charge in [-0.25, -0.2) is 0 Å². The minimum absolute atomic E-state index is 0.387. The summed E-state index contributed by atoms with van der Waals surface area (Å²) in [6.45, 7) is 2.24. The van der Waals surface area contributed by atoms with Gasteiger partial charge in [0.15, 0.2) is 0 Å². The van der Waals surface area contributed by atoms with E-state index in [0.29, 0.717) is 5.75 Å². The molecule has 0 amide bonds. The molecule has 0 bridgehead atoms. The van der Waals surface area contributed by atoms with Crippen molar-refractivity contribution in [2.24, 2.45) is 0 Å². The molecule has 25 heavy (non-hydrogen) atoms. The third-order valence-corrected chi connectivity index (χ3v) is 4.55. The minimum Gasteiger partial charge on any atom is -0.508 e. The Morgan fingerprint density at radius 2 is 1.32 bits per heavy atom. The van der Waals surface area contributed by atoms with Crippen LogP contribution in [0.25, 0.3) is 0 Å². The average molecular weight is 343 g/mol. The highest BCUT2D eigenvalue weighted by atomic mass is 16.3.